The van der Waals surface area contributed by atoms with E-state index in [1.807, 2.05) is 0 Å². The first-order valence-electron chi connectivity index (χ1n) is 13.3. The number of likely N-dealkylation sites (N-methyl/N-ethyl adjacent to an activating group) is 2. The summed E-state index contributed by atoms with van der Waals surface area (Å²) in [6.07, 6.45) is 0. The maximum atomic E-state index is 13.2. The van der Waals surface area contributed by atoms with Gasteiger partial charge in [0.05, 0.1) is 41.6 Å². The fourth-order valence-electron chi connectivity index (χ4n) is 4.38. The molecule has 6 N–H and O–H groups in total. The summed E-state index contributed by atoms with van der Waals surface area (Å²) in [5, 5.41) is 6.03. The van der Waals surface area contributed by atoms with E-state index in [0.717, 1.165) is 26.2 Å². The van der Waals surface area contributed by atoms with E-state index in [-0.39, 0.29) is 45.1 Å². The number of nitrogens with one attached hydrogen (secondary N) is 2. The summed E-state index contributed by atoms with van der Waals surface area (Å²) in [4.78, 5) is 30.8. The average molecular weight is 563 g/mol. The van der Waals surface area contributed by atoms with Gasteiger partial charge in [-0.25, -0.2) is 0 Å². The van der Waals surface area contributed by atoms with Gasteiger partial charge in [-0.1, -0.05) is 39.3 Å². The number of ether oxygens (including phenoxy) is 2. The minimum atomic E-state index is -0.358. The summed E-state index contributed by atoms with van der Waals surface area (Å²) in [5.74, 6) is -0.162. The molecule has 11 heteroatoms. The highest BCUT2D eigenvalue weighted by atomic mass is 35.5. The molecule has 39 heavy (non-hydrogen) atoms. The number of nitrogens with zero attached hydrogens (tertiary/aromatic N) is 2. The van der Waals surface area contributed by atoms with Gasteiger partial charge in [0, 0.05) is 43.5 Å². The largest absolute Gasteiger partial charge is 0.496 e. The van der Waals surface area contributed by atoms with Crippen LogP contribution in [0.5, 0.6) is 11.5 Å². The Morgan fingerprint density at radius 1 is 0.821 bits per heavy atom. The molecule has 2 aromatic rings. The number of carbonyl (C=O) groups excluding carboxylic acids is 2. The zero-order valence-corrected chi connectivity index (χ0v) is 24.7. The summed E-state index contributed by atoms with van der Waals surface area (Å²) in [6.45, 7) is 14.2. The molecule has 2 aromatic carbocycles. The molecule has 0 heterocycles. The lowest BCUT2D eigenvalue weighted by molar-refractivity contribution is 0.0937. The fourth-order valence-corrected chi connectivity index (χ4v) is 4.58. The predicted molar refractivity (Wildman–Crippen MR) is 159 cm³/mol. The number of rotatable bonds is 15. The number of carbonyl (C=O) groups is 2. The van der Waals surface area contributed by atoms with Crippen LogP contribution in [0.3, 0.4) is 0 Å². The van der Waals surface area contributed by atoms with Crippen LogP contribution in [0.1, 0.15) is 48.4 Å². The molecular formula is C28H43ClN6O4. The van der Waals surface area contributed by atoms with Gasteiger partial charge in [0.25, 0.3) is 11.8 Å². The smallest absolute Gasteiger partial charge is 0.255 e. The Labute approximate surface area is 236 Å². The summed E-state index contributed by atoms with van der Waals surface area (Å²) in [7, 11) is 2.91. The molecule has 216 valence electrons. The maximum absolute atomic E-state index is 13.2. The summed E-state index contributed by atoms with van der Waals surface area (Å²) >= 11 is 6.49. The standard InChI is InChI=1S/C28H43ClN6O4/c1-7-34(8-2)13-11-32-27(36)19-15-18(22(30)17-23(19)38-5)24-25(31)21(29)16-20(26(24)39-6)28(37)33-12-14-35(9-3)10-4/h15-17H,7-14,30-31H2,1-6H3,(H,32,36)(H,33,37). The first kappa shape index (κ1) is 32.0. The third-order valence-electron chi connectivity index (χ3n) is 6.82. The van der Waals surface area contributed by atoms with Crippen molar-refractivity contribution in [2.24, 2.45) is 0 Å². The SMILES string of the molecule is CCN(CC)CCNC(=O)c1cc(-c2c(N)c(Cl)cc(C(=O)NCCN(CC)CC)c2OC)c(N)cc1OC. The number of amides is 2. The quantitative estimate of drug-likeness (QED) is 0.243. The van der Waals surface area contributed by atoms with E-state index in [9.17, 15) is 9.59 Å². The van der Waals surface area contributed by atoms with Gasteiger partial charge in [0.2, 0.25) is 0 Å². The topological polar surface area (TPSA) is 135 Å². The molecule has 0 aliphatic heterocycles. The van der Waals surface area contributed by atoms with Gasteiger partial charge in [-0.15, -0.1) is 0 Å². The zero-order chi connectivity index (χ0) is 29.1. The molecule has 0 radical (unpaired) electrons. The molecule has 0 aliphatic carbocycles. The lowest BCUT2D eigenvalue weighted by Gasteiger charge is -2.21. The normalized spacial score (nSPS) is 11.1. The van der Waals surface area contributed by atoms with Crippen molar-refractivity contribution in [1.82, 2.24) is 20.4 Å². The third kappa shape index (κ3) is 7.90. The van der Waals surface area contributed by atoms with Crippen molar-refractivity contribution in [2.75, 3.05) is 78.0 Å². The van der Waals surface area contributed by atoms with Crippen molar-refractivity contribution in [1.29, 1.82) is 0 Å². The van der Waals surface area contributed by atoms with Crippen molar-refractivity contribution in [3.63, 3.8) is 0 Å². The second-order valence-electron chi connectivity index (χ2n) is 8.93. The number of anilines is 2. The Morgan fingerprint density at radius 2 is 1.33 bits per heavy atom. The van der Waals surface area contributed by atoms with Gasteiger partial charge in [-0.2, -0.15) is 0 Å². The summed E-state index contributed by atoms with van der Waals surface area (Å²) in [6, 6.07) is 4.62. The molecular weight excluding hydrogens is 520 g/mol. The van der Waals surface area contributed by atoms with Crippen LogP contribution in [0.15, 0.2) is 18.2 Å². The predicted octanol–water partition coefficient (Wildman–Crippen LogP) is 3.33. The van der Waals surface area contributed by atoms with E-state index in [1.54, 1.807) is 12.1 Å². The molecule has 0 saturated heterocycles. The molecule has 0 bridgehead atoms. The minimum Gasteiger partial charge on any atom is -0.496 e. The maximum Gasteiger partial charge on any atom is 0.255 e. The molecule has 0 aliphatic rings. The Hall–Kier alpha value is -3.21. The van der Waals surface area contributed by atoms with E-state index in [1.165, 1.54) is 20.3 Å². The number of hydrogen-bond donors (Lipinski definition) is 4. The van der Waals surface area contributed by atoms with E-state index in [0.29, 0.717) is 43.1 Å². The lowest BCUT2D eigenvalue weighted by atomic mass is 9.95. The number of benzene rings is 2. The highest BCUT2D eigenvalue weighted by Crippen LogP contribution is 2.45. The Balaban J connectivity index is 2.50. The Kier molecular flexibility index (Phi) is 12.6. The Morgan fingerprint density at radius 3 is 1.79 bits per heavy atom. The van der Waals surface area contributed by atoms with Crippen LogP contribution in [0.4, 0.5) is 11.4 Å². The summed E-state index contributed by atoms with van der Waals surface area (Å²) in [5.41, 5.74) is 14.5. The minimum absolute atomic E-state index is 0.167. The first-order valence-corrected chi connectivity index (χ1v) is 13.7. The monoisotopic (exact) mass is 562 g/mol. The van der Waals surface area contributed by atoms with Crippen LogP contribution >= 0.6 is 11.6 Å². The highest BCUT2D eigenvalue weighted by Gasteiger charge is 2.26. The van der Waals surface area contributed by atoms with Gasteiger partial charge in [-0.05, 0) is 38.3 Å². The highest BCUT2D eigenvalue weighted by molar-refractivity contribution is 6.34. The molecule has 2 amide bonds. The van der Waals surface area contributed by atoms with Crippen molar-refractivity contribution in [2.45, 2.75) is 27.7 Å². The molecule has 2 rings (SSSR count). The van der Waals surface area contributed by atoms with Gasteiger partial charge >= 0.3 is 0 Å². The van der Waals surface area contributed by atoms with Crippen molar-refractivity contribution in [3.8, 4) is 22.6 Å². The van der Waals surface area contributed by atoms with E-state index in [4.69, 9.17) is 32.5 Å². The lowest BCUT2D eigenvalue weighted by Crippen LogP contribution is -2.35. The second kappa shape index (κ2) is 15.4. The van der Waals surface area contributed by atoms with Crippen molar-refractivity contribution >= 4 is 34.8 Å². The average Bonchev–Trinajstić information content (AvgIpc) is 2.94. The van der Waals surface area contributed by atoms with Crippen molar-refractivity contribution in [3.05, 3.63) is 34.3 Å². The Bertz CT molecular complexity index is 1140. The van der Waals surface area contributed by atoms with Crippen LogP contribution < -0.4 is 31.6 Å². The van der Waals surface area contributed by atoms with E-state index >= 15 is 0 Å². The van der Waals surface area contributed by atoms with Crippen LogP contribution in [0.2, 0.25) is 5.02 Å². The van der Waals surface area contributed by atoms with Gasteiger partial charge in [0.15, 0.2) is 0 Å². The number of nitrogens with two attached hydrogens (primary N) is 2. The van der Waals surface area contributed by atoms with E-state index < -0.39 is 0 Å². The molecule has 0 aromatic heterocycles. The number of halogens is 1. The van der Waals surface area contributed by atoms with Crippen molar-refractivity contribution < 1.29 is 19.1 Å². The third-order valence-corrected chi connectivity index (χ3v) is 7.13. The number of methoxy groups -OCH3 is 2. The van der Waals surface area contributed by atoms with Gasteiger partial charge < -0.3 is 41.4 Å². The van der Waals surface area contributed by atoms with Crippen LogP contribution in [0.25, 0.3) is 11.1 Å². The molecule has 0 spiro atoms. The first-order chi connectivity index (χ1) is 18.7. The van der Waals surface area contributed by atoms with Gasteiger partial charge in [0.1, 0.15) is 11.5 Å². The second-order valence-corrected chi connectivity index (χ2v) is 9.34. The molecule has 0 unspecified atom stereocenters. The molecule has 0 fully saturated rings. The molecule has 0 saturated carbocycles. The molecule has 10 nitrogen and oxygen atoms in total. The molecule has 0 atom stereocenters. The zero-order valence-electron chi connectivity index (χ0n) is 23.9. The van der Waals surface area contributed by atoms with Crippen LogP contribution in [0, 0.1) is 0 Å². The number of nitrogen functional groups attached to an aromatic ring is 2. The fraction of sp³-hybridized carbons (Fsp3) is 0.500. The number of hydrogen-bond acceptors (Lipinski definition) is 8. The van der Waals surface area contributed by atoms with Crippen LogP contribution in [-0.4, -0.2) is 88.2 Å². The van der Waals surface area contributed by atoms with Crippen LogP contribution in [-0.2, 0) is 0 Å². The van der Waals surface area contributed by atoms with E-state index in [2.05, 4.69) is 48.1 Å². The summed E-state index contributed by atoms with van der Waals surface area (Å²) < 4.78 is 11.1. The van der Waals surface area contributed by atoms with Gasteiger partial charge in [-0.3, -0.25) is 9.59 Å².